The van der Waals surface area contributed by atoms with Gasteiger partial charge in [0.2, 0.25) is 5.88 Å². The van der Waals surface area contributed by atoms with Gasteiger partial charge in [0.15, 0.2) is 0 Å². The molecule has 0 aromatic carbocycles. The lowest BCUT2D eigenvalue weighted by Gasteiger charge is -1.92. The maximum Gasteiger partial charge on any atom is 0.212 e. The summed E-state index contributed by atoms with van der Waals surface area (Å²) in [5.41, 5.74) is 0. The van der Waals surface area contributed by atoms with E-state index < -0.39 is 0 Å². The molecule has 0 saturated carbocycles. The molecule has 0 spiro atoms. The summed E-state index contributed by atoms with van der Waals surface area (Å²) >= 11 is 0. The molecule has 42 valence electrons. The highest BCUT2D eigenvalue weighted by molar-refractivity contribution is 5.08. The van der Waals surface area contributed by atoms with E-state index in [4.69, 9.17) is 6.11 Å². The zero-order valence-corrected chi connectivity index (χ0v) is 4.59. The Morgan fingerprint density at radius 2 is 2.75 bits per heavy atom. The van der Waals surface area contributed by atoms with Crippen molar-refractivity contribution in [2.45, 2.75) is 0 Å². The normalized spacial score (nSPS) is 10.4. The van der Waals surface area contributed by atoms with Gasteiger partial charge in [0.1, 0.15) is 0 Å². The van der Waals surface area contributed by atoms with Crippen molar-refractivity contribution in [3.8, 4) is 5.88 Å². The maximum atomic E-state index is 7.05. The number of ether oxygens (including phenoxy) is 1. The van der Waals surface area contributed by atoms with Crippen LogP contribution in [0.5, 0.6) is 5.88 Å². The fourth-order valence-electron chi connectivity index (χ4n) is 0.427. The summed E-state index contributed by atoms with van der Waals surface area (Å²) in [5, 5.41) is 0. The molecular weight excluding hydrogens is 102 g/mol. The lowest BCUT2D eigenvalue weighted by Crippen LogP contribution is -1.83. The Morgan fingerprint density at radius 3 is 3.25 bits per heavy atom. The summed E-state index contributed by atoms with van der Waals surface area (Å²) in [7, 11) is 1.55. The molecule has 0 radical (unpaired) electrons. The van der Waals surface area contributed by atoms with E-state index in [2.05, 4.69) is 4.98 Å². The highest BCUT2D eigenvalue weighted by Gasteiger charge is 1.82. The predicted molar refractivity (Wildman–Crippen MR) is 30.8 cm³/mol. The van der Waals surface area contributed by atoms with Gasteiger partial charge < -0.3 is 4.74 Å². The Balaban J connectivity index is 2.88. The Hall–Kier alpha value is -1.05. The van der Waals surface area contributed by atoms with Crippen LogP contribution in [0.15, 0.2) is 24.4 Å². The van der Waals surface area contributed by atoms with Gasteiger partial charge in [-0.3, -0.25) is 0 Å². The van der Waals surface area contributed by atoms with Crippen LogP contribution < -0.4 is 4.74 Å². The monoisotopic (exact) mass is 110 g/mol. The van der Waals surface area contributed by atoms with Crippen LogP contribution in [0.4, 0.5) is 0 Å². The van der Waals surface area contributed by atoms with E-state index in [1.807, 2.05) is 0 Å². The van der Waals surface area contributed by atoms with Crippen molar-refractivity contribution in [3.63, 3.8) is 0 Å². The second kappa shape index (κ2) is 2.31. The molecule has 1 heterocycles. The van der Waals surface area contributed by atoms with Crippen molar-refractivity contribution in [1.82, 2.24) is 4.98 Å². The van der Waals surface area contributed by atoms with Gasteiger partial charge in [0.05, 0.1) is 8.48 Å². The van der Waals surface area contributed by atoms with Gasteiger partial charge >= 0.3 is 0 Å². The molecular formula is C6H7NO. The molecule has 0 bridgehead atoms. The first-order valence-corrected chi connectivity index (χ1v) is 2.29. The molecule has 0 aliphatic heterocycles. The van der Waals surface area contributed by atoms with Crippen LogP contribution in [0.1, 0.15) is 1.37 Å². The van der Waals surface area contributed by atoms with Gasteiger partial charge in [0.25, 0.3) is 0 Å². The summed E-state index contributed by atoms with van der Waals surface area (Å²) in [4.78, 5) is 3.79. The average molecular weight is 110 g/mol. The number of aromatic nitrogens is 1. The first kappa shape index (κ1) is 3.89. The lowest BCUT2D eigenvalue weighted by molar-refractivity contribution is 0.398. The van der Waals surface area contributed by atoms with E-state index in [9.17, 15) is 0 Å². The summed E-state index contributed by atoms with van der Waals surface area (Å²) in [6, 6.07) is 3.68. The Labute approximate surface area is 49.5 Å². The molecule has 1 aromatic heterocycles. The van der Waals surface area contributed by atoms with Crippen molar-refractivity contribution < 1.29 is 6.11 Å². The van der Waals surface area contributed by atoms with E-state index >= 15 is 0 Å². The van der Waals surface area contributed by atoms with E-state index in [-0.39, 0.29) is 0 Å². The van der Waals surface area contributed by atoms with Crippen LogP contribution in [0.25, 0.3) is 0 Å². The summed E-state index contributed by atoms with van der Waals surface area (Å²) in [6.07, 6.45) is 1.44. The summed E-state index contributed by atoms with van der Waals surface area (Å²) in [6.45, 7) is 0. The Kier molecular flexibility index (Phi) is 1.12. The second-order valence-corrected chi connectivity index (χ2v) is 1.30. The van der Waals surface area contributed by atoms with Crippen LogP contribution in [-0.4, -0.2) is 12.1 Å². The van der Waals surface area contributed by atoms with Crippen molar-refractivity contribution >= 4 is 0 Å². The maximum absolute atomic E-state index is 7.05. The van der Waals surface area contributed by atoms with Crippen LogP contribution in [0.3, 0.4) is 0 Å². The summed E-state index contributed by atoms with van der Waals surface area (Å²) in [5.74, 6) is 0.547. The molecule has 8 heavy (non-hydrogen) atoms. The predicted octanol–water partition coefficient (Wildman–Crippen LogP) is 1.09. The highest BCUT2D eigenvalue weighted by Crippen LogP contribution is 1.99. The quantitative estimate of drug-likeness (QED) is 0.540. The standard InChI is InChI=1S/C6H7NO/c1-8-6-4-2-3-5-7-6/h2-5H,1H3/i3D. The number of pyridine rings is 1. The third kappa shape index (κ3) is 0.964. The Bertz CT molecular complexity index is 185. The number of hydrogen-bond donors (Lipinski definition) is 0. The fraction of sp³-hybridized carbons (Fsp3) is 0.167. The molecule has 0 saturated heterocycles. The van der Waals surface area contributed by atoms with Gasteiger partial charge in [-0.1, -0.05) is 6.07 Å². The highest BCUT2D eigenvalue weighted by atomic mass is 16.5. The van der Waals surface area contributed by atoms with Gasteiger partial charge in [-0.25, -0.2) is 4.98 Å². The third-order valence-corrected chi connectivity index (χ3v) is 0.798. The van der Waals surface area contributed by atoms with E-state index in [1.54, 1.807) is 19.2 Å². The van der Waals surface area contributed by atoms with Crippen LogP contribution in [-0.2, 0) is 0 Å². The SMILES string of the molecule is [2H]c1ccc(OC)nc1. The minimum Gasteiger partial charge on any atom is -0.481 e. The molecule has 0 aliphatic rings. The molecule has 1 aromatic rings. The van der Waals surface area contributed by atoms with Crippen LogP contribution >= 0.6 is 0 Å². The zero-order chi connectivity index (χ0) is 6.69. The van der Waals surface area contributed by atoms with Gasteiger partial charge in [-0.05, 0) is 6.04 Å². The first-order valence-electron chi connectivity index (χ1n) is 2.79. The molecule has 2 nitrogen and oxygen atoms in total. The molecule has 0 atom stereocenters. The molecule has 1 rings (SSSR count). The van der Waals surface area contributed by atoms with Gasteiger partial charge in [-0.15, -0.1) is 0 Å². The van der Waals surface area contributed by atoms with Crippen molar-refractivity contribution in [1.29, 1.82) is 0 Å². The second-order valence-electron chi connectivity index (χ2n) is 1.30. The molecule has 0 unspecified atom stereocenters. The van der Waals surface area contributed by atoms with Crippen molar-refractivity contribution in [2.75, 3.05) is 7.11 Å². The van der Waals surface area contributed by atoms with E-state index in [1.165, 1.54) is 6.20 Å². The van der Waals surface area contributed by atoms with Gasteiger partial charge in [0, 0.05) is 12.3 Å². The Morgan fingerprint density at radius 1 is 1.88 bits per heavy atom. The topological polar surface area (TPSA) is 22.1 Å². The van der Waals surface area contributed by atoms with E-state index in [0.717, 1.165) is 0 Å². The number of methoxy groups -OCH3 is 1. The largest absolute Gasteiger partial charge is 0.481 e. The van der Waals surface area contributed by atoms with Crippen molar-refractivity contribution in [2.24, 2.45) is 0 Å². The number of hydrogen-bond acceptors (Lipinski definition) is 2. The fourth-order valence-corrected chi connectivity index (χ4v) is 0.427. The zero-order valence-electron chi connectivity index (χ0n) is 5.59. The third-order valence-electron chi connectivity index (χ3n) is 0.798. The minimum absolute atomic E-state index is 0.399. The summed E-state index contributed by atoms with van der Waals surface area (Å²) < 4.78 is 11.8. The van der Waals surface area contributed by atoms with Gasteiger partial charge in [-0.2, -0.15) is 0 Å². The minimum atomic E-state index is 0.399. The molecule has 2 heteroatoms. The van der Waals surface area contributed by atoms with Crippen molar-refractivity contribution in [3.05, 3.63) is 24.4 Å². The molecule has 0 amide bonds. The molecule has 0 N–H and O–H groups in total. The van der Waals surface area contributed by atoms with Crippen LogP contribution in [0, 0.1) is 0 Å². The smallest absolute Gasteiger partial charge is 0.212 e. The lowest BCUT2D eigenvalue weighted by atomic mass is 10.5. The number of nitrogens with zero attached hydrogens (tertiary/aromatic N) is 1. The number of rotatable bonds is 1. The molecule has 0 aliphatic carbocycles. The van der Waals surface area contributed by atoms with E-state index in [0.29, 0.717) is 11.9 Å². The average Bonchev–Trinajstić information content (AvgIpc) is 1.90. The molecule has 0 fully saturated rings. The van der Waals surface area contributed by atoms with Crippen LogP contribution in [0.2, 0.25) is 0 Å². The first-order chi connectivity index (χ1) is 4.33.